The first kappa shape index (κ1) is 14.8. The van der Waals surface area contributed by atoms with Gasteiger partial charge in [-0.3, -0.25) is 0 Å². The van der Waals surface area contributed by atoms with Crippen molar-refractivity contribution in [1.82, 2.24) is 0 Å². The highest BCUT2D eigenvalue weighted by molar-refractivity contribution is 7.61. The lowest BCUT2D eigenvalue weighted by Gasteiger charge is -2.19. The normalized spacial score (nSPS) is 14.6. The molecule has 0 bridgehead atoms. The Labute approximate surface area is 119 Å². The molecule has 0 aliphatic heterocycles. The molecule has 0 aliphatic rings. The van der Waals surface area contributed by atoms with Crippen LogP contribution in [-0.2, 0) is 9.98 Å². The first-order valence-corrected chi connectivity index (χ1v) is 8.05. The van der Waals surface area contributed by atoms with Gasteiger partial charge in [-0.1, -0.05) is 51.1 Å². The van der Waals surface area contributed by atoms with Gasteiger partial charge in [-0.25, -0.2) is 4.57 Å². The number of hydrogen-bond donors (Lipinski definition) is 1. The smallest absolute Gasteiger partial charge is 0.408 e. The van der Waals surface area contributed by atoms with E-state index in [-0.39, 0.29) is 5.41 Å². The van der Waals surface area contributed by atoms with E-state index < -0.39 is 7.60 Å². The fourth-order valence-electron chi connectivity index (χ4n) is 1.83. The van der Waals surface area contributed by atoms with Gasteiger partial charge in [-0.05, 0) is 35.2 Å². The third kappa shape index (κ3) is 3.50. The van der Waals surface area contributed by atoms with Crippen molar-refractivity contribution in [1.29, 1.82) is 0 Å². The minimum absolute atomic E-state index is 0.0425. The van der Waals surface area contributed by atoms with Gasteiger partial charge in [-0.15, -0.1) is 0 Å². The zero-order chi connectivity index (χ0) is 14.8. The van der Waals surface area contributed by atoms with Crippen molar-refractivity contribution in [2.75, 3.05) is 0 Å². The molecule has 0 amide bonds. The van der Waals surface area contributed by atoms with Crippen LogP contribution in [0.5, 0.6) is 5.75 Å². The van der Waals surface area contributed by atoms with Crippen molar-refractivity contribution in [3.8, 4) is 5.75 Å². The van der Waals surface area contributed by atoms with Crippen molar-refractivity contribution < 1.29 is 14.0 Å². The molecule has 2 rings (SSSR count). The Kier molecular flexibility index (Phi) is 4.03. The van der Waals surface area contributed by atoms with Crippen LogP contribution in [0.2, 0.25) is 0 Å². The molecule has 106 valence electrons. The first-order valence-electron chi connectivity index (χ1n) is 6.47. The molecule has 0 aliphatic carbocycles. The van der Waals surface area contributed by atoms with Gasteiger partial charge in [0.2, 0.25) is 0 Å². The van der Waals surface area contributed by atoms with Gasteiger partial charge in [0.05, 0.1) is 5.30 Å². The van der Waals surface area contributed by atoms with Crippen molar-refractivity contribution in [3.63, 3.8) is 0 Å². The molecule has 0 saturated heterocycles. The first-order chi connectivity index (χ1) is 9.29. The van der Waals surface area contributed by atoms with Crippen molar-refractivity contribution >= 4 is 12.9 Å². The number of rotatable bonds is 3. The lowest BCUT2D eigenvalue weighted by atomic mass is 9.87. The fourth-order valence-corrected chi connectivity index (χ4v) is 2.89. The van der Waals surface area contributed by atoms with Gasteiger partial charge in [0, 0.05) is 0 Å². The average molecular weight is 290 g/mol. The van der Waals surface area contributed by atoms with Crippen LogP contribution in [0.3, 0.4) is 0 Å². The van der Waals surface area contributed by atoms with Crippen molar-refractivity contribution in [3.05, 3.63) is 60.2 Å². The molecule has 1 atom stereocenters. The monoisotopic (exact) mass is 290 g/mol. The molecule has 0 saturated carbocycles. The molecule has 2 aromatic carbocycles. The van der Waals surface area contributed by atoms with Gasteiger partial charge >= 0.3 is 7.60 Å². The van der Waals surface area contributed by atoms with Crippen LogP contribution in [0.15, 0.2) is 54.6 Å². The van der Waals surface area contributed by atoms with Crippen LogP contribution < -0.4 is 9.83 Å². The minimum Gasteiger partial charge on any atom is -0.421 e. The van der Waals surface area contributed by atoms with Crippen LogP contribution >= 0.6 is 7.60 Å². The Morgan fingerprint density at radius 2 is 1.50 bits per heavy atom. The lowest BCUT2D eigenvalue weighted by Crippen LogP contribution is -2.11. The molecule has 4 heteroatoms. The Bertz CT molecular complexity index is 612. The van der Waals surface area contributed by atoms with E-state index >= 15 is 0 Å². The maximum atomic E-state index is 12.2. The fraction of sp³-hybridized carbons (Fsp3) is 0.250. The zero-order valence-corrected chi connectivity index (χ0v) is 12.8. The summed E-state index contributed by atoms with van der Waals surface area (Å²) >= 11 is 0. The second kappa shape index (κ2) is 5.43. The average Bonchev–Trinajstić information content (AvgIpc) is 2.39. The molecular formula is C16H19O3P. The topological polar surface area (TPSA) is 46.5 Å². The second-order valence-electron chi connectivity index (χ2n) is 5.72. The molecule has 0 fully saturated rings. The maximum Gasteiger partial charge on any atom is 0.408 e. The molecule has 0 spiro atoms. The highest BCUT2D eigenvalue weighted by atomic mass is 31.2. The van der Waals surface area contributed by atoms with Crippen LogP contribution in [-0.4, -0.2) is 4.89 Å². The summed E-state index contributed by atoms with van der Waals surface area (Å²) in [5.41, 5.74) is 1.19. The summed E-state index contributed by atoms with van der Waals surface area (Å²) in [7, 11) is -3.82. The van der Waals surface area contributed by atoms with Crippen LogP contribution in [0, 0.1) is 0 Å². The molecule has 0 heterocycles. The summed E-state index contributed by atoms with van der Waals surface area (Å²) in [6.45, 7) is 6.34. The predicted molar refractivity (Wildman–Crippen MR) is 81.7 cm³/mol. The quantitative estimate of drug-likeness (QED) is 0.873. The Morgan fingerprint density at radius 1 is 0.950 bits per heavy atom. The molecular weight excluding hydrogens is 271 g/mol. The lowest BCUT2D eigenvalue weighted by molar-refractivity contribution is 0.393. The van der Waals surface area contributed by atoms with E-state index in [0.29, 0.717) is 11.1 Å². The largest absolute Gasteiger partial charge is 0.421 e. The third-order valence-electron chi connectivity index (χ3n) is 3.03. The number of benzene rings is 2. The van der Waals surface area contributed by atoms with Gasteiger partial charge in [0.1, 0.15) is 5.75 Å². The molecule has 0 aromatic heterocycles. The van der Waals surface area contributed by atoms with Crippen LogP contribution in [0.1, 0.15) is 26.3 Å². The molecule has 1 unspecified atom stereocenters. The van der Waals surface area contributed by atoms with E-state index in [4.69, 9.17) is 4.52 Å². The van der Waals surface area contributed by atoms with Crippen molar-refractivity contribution in [2.24, 2.45) is 0 Å². The summed E-state index contributed by atoms with van der Waals surface area (Å²) in [4.78, 5) is 10.0. The van der Waals surface area contributed by atoms with E-state index in [0.717, 1.165) is 5.56 Å². The summed E-state index contributed by atoms with van der Waals surface area (Å²) in [6.07, 6.45) is 0. The maximum absolute atomic E-state index is 12.2. The predicted octanol–water partition coefficient (Wildman–Crippen LogP) is 3.87. The highest BCUT2D eigenvalue weighted by Crippen LogP contribution is 2.41. The molecule has 1 N–H and O–H groups in total. The van der Waals surface area contributed by atoms with E-state index in [9.17, 15) is 9.46 Å². The molecule has 2 aromatic rings. The van der Waals surface area contributed by atoms with Crippen molar-refractivity contribution in [2.45, 2.75) is 26.2 Å². The molecule has 20 heavy (non-hydrogen) atoms. The molecule has 3 nitrogen and oxygen atoms in total. The van der Waals surface area contributed by atoms with Crippen LogP contribution in [0.4, 0.5) is 0 Å². The Hall–Kier alpha value is -1.57. The number of hydrogen-bond acceptors (Lipinski definition) is 2. The molecule has 0 radical (unpaired) electrons. The minimum atomic E-state index is -3.82. The Morgan fingerprint density at radius 3 is 2.00 bits per heavy atom. The second-order valence-corrected chi connectivity index (χ2v) is 7.46. The Balaban J connectivity index is 2.20. The van der Waals surface area contributed by atoms with E-state index in [1.165, 1.54) is 0 Å². The van der Waals surface area contributed by atoms with Gasteiger partial charge < -0.3 is 9.42 Å². The summed E-state index contributed by atoms with van der Waals surface area (Å²) in [5, 5.41) is 0.292. The standard InChI is InChI=1S/C16H19O3P/c1-16(2,3)13-9-11-14(12-10-13)19-20(17,18)15-7-5-4-6-8-15/h4-12H,1-3H3,(H,17,18). The van der Waals surface area contributed by atoms with Gasteiger partial charge in [0.25, 0.3) is 0 Å². The van der Waals surface area contributed by atoms with E-state index in [2.05, 4.69) is 20.8 Å². The van der Waals surface area contributed by atoms with E-state index in [1.807, 2.05) is 12.1 Å². The zero-order valence-electron chi connectivity index (χ0n) is 11.9. The van der Waals surface area contributed by atoms with Crippen LogP contribution in [0.25, 0.3) is 0 Å². The SMILES string of the molecule is CC(C)(C)c1ccc(OP(=O)(O)c2ccccc2)cc1. The van der Waals surface area contributed by atoms with Gasteiger partial charge in [-0.2, -0.15) is 0 Å². The van der Waals surface area contributed by atoms with E-state index in [1.54, 1.807) is 42.5 Å². The summed E-state index contributed by atoms with van der Waals surface area (Å²) in [6, 6.07) is 15.7. The summed E-state index contributed by atoms with van der Waals surface area (Å²) < 4.78 is 17.5. The third-order valence-corrected chi connectivity index (χ3v) is 4.44. The summed E-state index contributed by atoms with van der Waals surface area (Å²) in [5.74, 6) is 0.396. The highest BCUT2D eigenvalue weighted by Gasteiger charge is 2.24. The van der Waals surface area contributed by atoms with Gasteiger partial charge in [0.15, 0.2) is 0 Å².